The van der Waals surface area contributed by atoms with E-state index in [0.29, 0.717) is 4.54 Å². The molecule has 0 saturated carbocycles. The van der Waals surface area contributed by atoms with Gasteiger partial charge in [0.1, 0.15) is 0 Å². The molecule has 1 aliphatic rings. The third-order valence-corrected chi connectivity index (χ3v) is 1.56. The quantitative estimate of drug-likeness (QED) is 0.360. The molecule has 3 heteroatoms. The number of quaternary nitrogens is 1. The normalized spacial score (nSPS) is 26.6. The van der Waals surface area contributed by atoms with E-state index < -0.39 is 0 Å². The number of hydrogen-bond acceptors (Lipinski definition) is 1. The van der Waals surface area contributed by atoms with Crippen molar-refractivity contribution in [3.63, 3.8) is 0 Å². The van der Waals surface area contributed by atoms with Crippen molar-refractivity contribution in [1.29, 1.82) is 0 Å². The van der Waals surface area contributed by atoms with E-state index in [2.05, 4.69) is 15.6 Å². The summed E-state index contributed by atoms with van der Waals surface area (Å²) in [7, 11) is 0. The second kappa shape index (κ2) is 2.37. The number of hydrogen-bond donors (Lipinski definition) is 1. The number of nitrogens with one attached hydrogen (secondary N) is 1. The molecule has 0 fully saturated rings. The first kappa shape index (κ1) is 5.92. The first-order valence-corrected chi connectivity index (χ1v) is 3.09. The van der Waals surface area contributed by atoms with E-state index >= 15 is 0 Å². The fourth-order valence-corrected chi connectivity index (χ4v) is 0.758. The van der Waals surface area contributed by atoms with Crippen LogP contribution in [0.2, 0.25) is 0 Å². The summed E-state index contributed by atoms with van der Waals surface area (Å²) < 4.78 is 0.688. The van der Waals surface area contributed by atoms with Crippen molar-refractivity contribution < 1.29 is 5.06 Å². The Morgan fingerprint density at radius 1 is 1.50 bits per heavy atom. The summed E-state index contributed by atoms with van der Waals surface area (Å²) >= 11 is 2.66. The van der Waals surface area contributed by atoms with Crippen LogP contribution < -0.4 is 5.06 Å². The van der Waals surface area contributed by atoms with Crippen LogP contribution >= 0.6 is 0 Å². The molecule has 0 amide bonds. The van der Waals surface area contributed by atoms with Crippen molar-refractivity contribution in [2.75, 3.05) is 0 Å². The monoisotopic (exact) mass is 175 g/mol. The number of allylic oxidation sites excluding steroid dienone is 2. The van der Waals surface area contributed by atoms with Gasteiger partial charge in [-0.3, -0.25) is 0 Å². The van der Waals surface area contributed by atoms with Crippen molar-refractivity contribution in [1.82, 2.24) is 0 Å². The van der Waals surface area contributed by atoms with E-state index in [9.17, 15) is 5.21 Å². The van der Waals surface area contributed by atoms with E-state index in [1.807, 2.05) is 6.08 Å². The predicted octanol–water partition coefficient (Wildman–Crippen LogP) is -1.25. The molecule has 0 saturated heterocycles. The van der Waals surface area contributed by atoms with Crippen LogP contribution in [0.15, 0.2) is 24.4 Å². The van der Waals surface area contributed by atoms with Gasteiger partial charge in [0, 0.05) is 0 Å². The fourth-order valence-electron chi connectivity index (χ4n) is 0.450. The Morgan fingerprint density at radius 3 is 2.62 bits per heavy atom. The first-order chi connectivity index (χ1) is 3.80. The zero-order chi connectivity index (χ0) is 5.98. The van der Waals surface area contributed by atoms with Crippen LogP contribution in [-0.2, 0) is 0 Å². The van der Waals surface area contributed by atoms with E-state index in [-0.39, 0.29) is 5.06 Å². The Kier molecular flexibility index (Phi) is 1.76. The van der Waals surface area contributed by atoms with Gasteiger partial charge in [0.15, 0.2) is 0 Å². The molecule has 1 aliphatic heterocycles. The van der Waals surface area contributed by atoms with Gasteiger partial charge in [-0.05, 0) is 0 Å². The van der Waals surface area contributed by atoms with Crippen LogP contribution in [0.4, 0.5) is 0 Å². The Morgan fingerprint density at radius 2 is 2.25 bits per heavy atom. The van der Waals surface area contributed by atoms with Crippen molar-refractivity contribution >= 4 is 20.1 Å². The van der Waals surface area contributed by atoms with Crippen LogP contribution in [0, 0.1) is 5.21 Å². The molecule has 1 N–H and O–H groups in total. The predicted molar refractivity (Wildman–Crippen MR) is 33.4 cm³/mol. The molecule has 0 aliphatic carbocycles. The maximum absolute atomic E-state index is 10.6. The van der Waals surface area contributed by atoms with Gasteiger partial charge in [-0.2, -0.15) is 0 Å². The minimum atomic E-state index is 0.0625. The van der Waals surface area contributed by atoms with Crippen molar-refractivity contribution in [3.05, 3.63) is 29.6 Å². The van der Waals surface area contributed by atoms with Gasteiger partial charge in [0.2, 0.25) is 0 Å². The molecule has 42 valence electrons. The minimum absolute atomic E-state index is 0.0625. The molecule has 0 radical (unpaired) electrons. The van der Waals surface area contributed by atoms with Gasteiger partial charge in [-0.1, -0.05) is 0 Å². The molecular formula is C5H5NOSe. The standard InChI is InChI=1S/C5H5NOSe/c7-6-4-2-1-3-5(6)8/h1-4,6H. The van der Waals surface area contributed by atoms with Gasteiger partial charge in [-0.25, -0.2) is 0 Å². The second-order valence-corrected chi connectivity index (χ2v) is 2.37. The summed E-state index contributed by atoms with van der Waals surface area (Å²) in [6, 6.07) is 0. The van der Waals surface area contributed by atoms with Crippen molar-refractivity contribution in [2.45, 2.75) is 0 Å². The maximum atomic E-state index is 10.6. The van der Waals surface area contributed by atoms with Crippen LogP contribution in [-0.4, -0.2) is 20.1 Å². The molecule has 0 bridgehead atoms. The van der Waals surface area contributed by atoms with Gasteiger partial charge in [-0.15, -0.1) is 0 Å². The van der Waals surface area contributed by atoms with Crippen LogP contribution in [0.25, 0.3) is 0 Å². The van der Waals surface area contributed by atoms with Crippen LogP contribution in [0.5, 0.6) is 0 Å². The third-order valence-electron chi connectivity index (χ3n) is 0.849. The second-order valence-electron chi connectivity index (χ2n) is 1.45. The molecule has 1 unspecified atom stereocenters. The Labute approximate surface area is 55.4 Å². The Bertz CT molecular complexity index is 162. The van der Waals surface area contributed by atoms with E-state index in [0.717, 1.165) is 0 Å². The zero-order valence-corrected chi connectivity index (χ0v) is 5.84. The van der Waals surface area contributed by atoms with Crippen molar-refractivity contribution in [2.24, 2.45) is 0 Å². The number of rotatable bonds is 0. The SMILES string of the molecule is [O-][NH+]1C=CC=CC1=[Se]. The zero-order valence-electron chi connectivity index (χ0n) is 4.13. The molecule has 1 heterocycles. The van der Waals surface area contributed by atoms with E-state index in [4.69, 9.17) is 0 Å². The van der Waals surface area contributed by atoms with Crippen LogP contribution in [0.1, 0.15) is 0 Å². The van der Waals surface area contributed by atoms with Crippen LogP contribution in [0.3, 0.4) is 0 Å². The topological polar surface area (TPSA) is 27.5 Å². The average Bonchev–Trinajstić information content (AvgIpc) is 1.77. The molecule has 0 aromatic carbocycles. The summed E-state index contributed by atoms with van der Waals surface area (Å²) in [6.07, 6.45) is 6.84. The molecule has 8 heavy (non-hydrogen) atoms. The van der Waals surface area contributed by atoms with Gasteiger partial charge >= 0.3 is 54.8 Å². The Hall–Kier alpha value is -0.211. The third kappa shape index (κ3) is 1.14. The van der Waals surface area contributed by atoms with Crippen molar-refractivity contribution in [3.8, 4) is 0 Å². The molecule has 0 aromatic heterocycles. The molecule has 1 rings (SSSR count). The molecule has 1 atom stereocenters. The summed E-state index contributed by atoms with van der Waals surface area (Å²) in [5.74, 6) is 0. The fraction of sp³-hybridized carbons (Fsp3) is 0. The van der Waals surface area contributed by atoms with E-state index in [1.165, 1.54) is 6.20 Å². The summed E-state index contributed by atoms with van der Waals surface area (Å²) in [4.78, 5) is 0. The Balaban J connectivity index is 2.74. The van der Waals surface area contributed by atoms with Gasteiger partial charge in [0.05, 0.1) is 0 Å². The van der Waals surface area contributed by atoms with Gasteiger partial charge in [0.25, 0.3) is 0 Å². The molecule has 0 spiro atoms. The van der Waals surface area contributed by atoms with Gasteiger partial charge < -0.3 is 0 Å². The molecule has 0 aromatic rings. The van der Waals surface area contributed by atoms with E-state index in [1.54, 1.807) is 12.2 Å². The number of hydroxylamine groups is 2. The summed E-state index contributed by atoms with van der Waals surface area (Å²) in [6.45, 7) is 0. The summed E-state index contributed by atoms with van der Waals surface area (Å²) in [5, 5.41) is 10.7. The molecule has 2 nitrogen and oxygen atoms in total. The average molecular weight is 174 g/mol. The first-order valence-electron chi connectivity index (χ1n) is 2.24. The summed E-state index contributed by atoms with van der Waals surface area (Å²) in [5.41, 5.74) is 0. The molecular weight excluding hydrogens is 169 g/mol.